The van der Waals surface area contributed by atoms with Gasteiger partial charge in [0.15, 0.2) is 0 Å². The van der Waals surface area contributed by atoms with E-state index in [-0.39, 0.29) is 6.42 Å². The molecular weight excluding hydrogens is 260 g/mol. The molecule has 20 heavy (non-hydrogen) atoms. The monoisotopic (exact) mass is 278 g/mol. The lowest BCUT2D eigenvalue weighted by Gasteiger charge is -2.18. The third-order valence-electron chi connectivity index (χ3n) is 3.56. The van der Waals surface area contributed by atoms with Crippen LogP contribution in [0.3, 0.4) is 0 Å². The lowest BCUT2D eigenvalue weighted by molar-refractivity contribution is -0.137. The maximum absolute atomic E-state index is 11.5. The third kappa shape index (κ3) is 3.46. The average molecular weight is 278 g/mol. The van der Waals surface area contributed by atoms with E-state index >= 15 is 0 Å². The minimum absolute atomic E-state index is 0.211. The number of hydrogen-bond donors (Lipinski definition) is 1. The normalized spacial score (nSPS) is 18.1. The molecule has 0 aliphatic carbocycles. The van der Waals surface area contributed by atoms with Crippen molar-refractivity contribution in [2.24, 2.45) is 5.92 Å². The fourth-order valence-electron chi connectivity index (χ4n) is 2.46. The van der Waals surface area contributed by atoms with E-state index in [4.69, 9.17) is 5.11 Å². The second-order valence-electron chi connectivity index (χ2n) is 4.92. The van der Waals surface area contributed by atoms with Gasteiger partial charge in [0, 0.05) is 31.4 Å². The van der Waals surface area contributed by atoms with Crippen molar-refractivity contribution in [3.63, 3.8) is 0 Å². The van der Waals surface area contributed by atoms with Gasteiger partial charge in [-0.1, -0.05) is 0 Å². The molecule has 0 aromatic carbocycles. The molecule has 0 spiro atoms. The van der Waals surface area contributed by atoms with Crippen molar-refractivity contribution in [1.82, 2.24) is 4.98 Å². The maximum Gasteiger partial charge on any atom is 0.356 e. The molecular formula is C14H18N2O4. The minimum atomic E-state index is -0.750. The van der Waals surface area contributed by atoms with Crippen molar-refractivity contribution >= 4 is 17.6 Å². The van der Waals surface area contributed by atoms with Crippen molar-refractivity contribution in [2.45, 2.75) is 19.3 Å². The molecule has 1 N–H and O–H groups in total. The van der Waals surface area contributed by atoms with Crippen LogP contribution in [0.5, 0.6) is 0 Å². The standard InChI is InChI=1S/C14H18N2O4/c1-20-14(19)12-8-11(4-6-15-12)16-7-5-10(9-16)2-3-13(17)18/h4,6,8,10H,2-3,5,7,9H2,1H3,(H,17,18). The fourth-order valence-corrected chi connectivity index (χ4v) is 2.46. The predicted octanol–water partition coefficient (Wildman–Crippen LogP) is 1.56. The summed E-state index contributed by atoms with van der Waals surface area (Å²) in [7, 11) is 1.33. The summed E-state index contributed by atoms with van der Waals surface area (Å²) in [6.45, 7) is 1.69. The van der Waals surface area contributed by atoms with E-state index < -0.39 is 11.9 Å². The Balaban J connectivity index is 1.99. The van der Waals surface area contributed by atoms with Gasteiger partial charge in [0.25, 0.3) is 0 Å². The van der Waals surface area contributed by atoms with Crippen LogP contribution < -0.4 is 4.90 Å². The molecule has 6 nitrogen and oxygen atoms in total. The number of hydrogen-bond acceptors (Lipinski definition) is 5. The van der Waals surface area contributed by atoms with Crippen LogP contribution in [0.4, 0.5) is 5.69 Å². The zero-order chi connectivity index (χ0) is 14.5. The van der Waals surface area contributed by atoms with Crippen LogP contribution >= 0.6 is 0 Å². The number of carboxylic acids is 1. The average Bonchev–Trinajstić information content (AvgIpc) is 2.93. The highest BCUT2D eigenvalue weighted by Crippen LogP contribution is 2.26. The third-order valence-corrected chi connectivity index (χ3v) is 3.56. The first kappa shape index (κ1) is 14.3. The number of anilines is 1. The van der Waals surface area contributed by atoms with Crippen molar-refractivity contribution < 1.29 is 19.4 Å². The Kier molecular flexibility index (Phi) is 4.55. The highest BCUT2D eigenvalue weighted by molar-refractivity contribution is 5.88. The first-order chi connectivity index (χ1) is 9.60. The summed E-state index contributed by atoms with van der Waals surface area (Å²) in [5, 5.41) is 8.71. The van der Waals surface area contributed by atoms with Crippen LogP contribution in [-0.4, -0.2) is 42.2 Å². The molecule has 1 aromatic rings. The number of methoxy groups -OCH3 is 1. The zero-order valence-electron chi connectivity index (χ0n) is 11.4. The van der Waals surface area contributed by atoms with Gasteiger partial charge in [-0.2, -0.15) is 0 Å². The second-order valence-corrected chi connectivity index (χ2v) is 4.92. The number of nitrogens with zero attached hydrogens (tertiary/aromatic N) is 2. The SMILES string of the molecule is COC(=O)c1cc(N2CCC(CCC(=O)O)C2)ccn1. The topological polar surface area (TPSA) is 79.7 Å². The van der Waals surface area contributed by atoms with Gasteiger partial charge < -0.3 is 14.7 Å². The second kappa shape index (κ2) is 6.36. The van der Waals surface area contributed by atoms with Crippen molar-refractivity contribution in [3.05, 3.63) is 24.0 Å². The molecule has 1 atom stereocenters. The van der Waals surface area contributed by atoms with Gasteiger partial charge in [-0.05, 0) is 30.9 Å². The molecule has 0 radical (unpaired) electrons. The lowest BCUT2D eigenvalue weighted by Crippen LogP contribution is -2.20. The number of carbonyl (C=O) groups excluding carboxylic acids is 1. The Bertz CT molecular complexity index is 504. The van der Waals surface area contributed by atoms with Crippen LogP contribution in [0.1, 0.15) is 29.8 Å². The first-order valence-corrected chi connectivity index (χ1v) is 6.61. The van der Waals surface area contributed by atoms with Crippen LogP contribution in [0, 0.1) is 5.92 Å². The molecule has 1 aliphatic rings. The fraction of sp³-hybridized carbons (Fsp3) is 0.500. The smallest absolute Gasteiger partial charge is 0.356 e. The van der Waals surface area contributed by atoms with Gasteiger partial charge in [-0.15, -0.1) is 0 Å². The molecule has 0 amide bonds. The molecule has 1 saturated heterocycles. The Morgan fingerprint density at radius 2 is 2.35 bits per heavy atom. The molecule has 108 valence electrons. The Labute approximate surface area is 117 Å². The molecule has 1 aliphatic heterocycles. The maximum atomic E-state index is 11.5. The van der Waals surface area contributed by atoms with Gasteiger partial charge in [-0.3, -0.25) is 4.79 Å². The van der Waals surface area contributed by atoms with Crippen LogP contribution in [0.2, 0.25) is 0 Å². The number of ether oxygens (including phenoxy) is 1. The number of rotatable bonds is 5. The van der Waals surface area contributed by atoms with Gasteiger partial charge in [0.2, 0.25) is 0 Å². The van der Waals surface area contributed by atoms with Crippen LogP contribution in [0.15, 0.2) is 18.3 Å². The van der Waals surface area contributed by atoms with E-state index in [1.807, 2.05) is 6.07 Å². The minimum Gasteiger partial charge on any atom is -0.481 e. The quantitative estimate of drug-likeness (QED) is 0.823. The predicted molar refractivity (Wildman–Crippen MR) is 72.8 cm³/mol. The summed E-state index contributed by atoms with van der Waals surface area (Å²) in [4.78, 5) is 28.2. The summed E-state index contributed by atoms with van der Waals surface area (Å²) in [5.41, 5.74) is 1.22. The number of pyridine rings is 1. The van der Waals surface area contributed by atoms with Gasteiger partial charge in [0.05, 0.1) is 7.11 Å². The number of carbonyl (C=O) groups is 2. The van der Waals surface area contributed by atoms with Gasteiger partial charge >= 0.3 is 11.9 Å². The van der Waals surface area contributed by atoms with Crippen LogP contribution in [0.25, 0.3) is 0 Å². The summed E-state index contributed by atoms with van der Waals surface area (Å²) < 4.78 is 4.65. The van der Waals surface area contributed by atoms with Crippen molar-refractivity contribution in [3.8, 4) is 0 Å². The number of esters is 1. The molecule has 1 fully saturated rings. The van der Waals surface area contributed by atoms with Gasteiger partial charge in [-0.25, -0.2) is 9.78 Å². The van der Waals surface area contributed by atoms with Crippen molar-refractivity contribution in [2.75, 3.05) is 25.1 Å². The van der Waals surface area contributed by atoms with Crippen molar-refractivity contribution in [1.29, 1.82) is 0 Å². The lowest BCUT2D eigenvalue weighted by atomic mass is 10.0. The molecule has 2 heterocycles. The largest absolute Gasteiger partial charge is 0.481 e. The number of aliphatic carboxylic acids is 1. The summed E-state index contributed by atoms with van der Waals surface area (Å²) in [6.07, 6.45) is 3.47. The highest BCUT2D eigenvalue weighted by atomic mass is 16.5. The van der Waals surface area contributed by atoms with E-state index in [0.29, 0.717) is 18.0 Å². The van der Waals surface area contributed by atoms with E-state index in [1.165, 1.54) is 7.11 Å². The summed E-state index contributed by atoms with van der Waals surface area (Å²) in [6, 6.07) is 3.57. The molecule has 0 saturated carbocycles. The first-order valence-electron chi connectivity index (χ1n) is 6.61. The molecule has 2 rings (SSSR count). The molecule has 6 heteroatoms. The summed E-state index contributed by atoms with van der Waals surface area (Å²) in [5.74, 6) is -0.811. The van der Waals surface area contributed by atoms with Crippen LogP contribution in [-0.2, 0) is 9.53 Å². The number of aromatic nitrogens is 1. The Hall–Kier alpha value is -2.11. The zero-order valence-corrected chi connectivity index (χ0v) is 11.4. The highest BCUT2D eigenvalue weighted by Gasteiger charge is 2.23. The van der Waals surface area contributed by atoms with Gasteiger partial charge in [0.1, 0.15) is 5.69 Å². The molecule has 1 aromatic heterocycles. The Morgan fingerprint density at radius 1 is 1.55 bits per heavy atom. The van der Waals surface area contributed by atoms with E-state index in [0.717, 1.165) is 25.2 Å². The molecule has 0 bridgehead atoms. The van der Waals surface area contributed by atoms with E-state index in [2.05, 4.69) is 14.6 Å². The molecule has 1 unspecified atom stereocenters. The number of carboxylic acid groups (broad SMARTS) is 1. The van der Waals surface area contributed by atoms with E-state index in [9.17, 15) is 9.59 Å². The summed E-state index contributed by atoms with van der Waals surface area (Å²) >= 11 is 0. The Morgan fingerprint density at radius 3 is 3.05 bits per heavy atom. The van der Waals surface area contributed by atoms with E-state index in [1.54, 1.807) is 12.3 Å².